The largest absolute Gasteiger partial charge is 0.451 e. The number of ether oxygens (including phenoxy) is 3. The number of imidazole rings is 4. The van der Waals surface area contributed by atoms with Crippen molar-refractivity contribution in [3.05, 3.63) is 320 Å². The van der Waals surface area contributed by atoms with Gasteiger partial charge < -0.3 is 71.0 Å². The van der Waals surface area contributed by atoms with Crippen LogP contribution >= 0.6 is 0 Å². The zero-order valence-corrected chi connectivity index (χ0v) is 73.7. The standard InChI is InChI=1S/C32H33F2N3O2.C24H20F2N4O3.C23H17F3N4O3.C23H18F2N4O3/c1-21-14-16-36(17-15-21)26-11-8-23(27(34)19-26)18-28(38)29-12-13-30(39-29)32-31(22-6-9-24(33)10-7-22)35-20-37(32)25-4-2-3-5-25;1-14-11-32-12-19(14)30-13-28-22(15-2-4-16(25)5-3-15)23(30)20-6-7-21(33-20)24(31)29-18-8-9-27-10-17(18)26;24-14-3-1-13(2-4-14)21-22(30(12-28-21)18-11-32-10-16(18)26)19-5-6-20(33-19)23(31)29-17-7-8-27-9-15(17)25;24-15-6-4-14(5-7-15)21-22(29(13-27-21)17-12-31-11-16(17)25)18-8-9-19(32-18)23(30)28-20-3-1-2-10-26-20/h6-13,19-21,25H,2-5,14-18H2,1H3;2-10,13-14,19H,11-12H2,1H3,(H,27,29,31);1-9,12,16,18H,10-11H2,(H,27,29,31);1-10,13,16-17H,11-12H2,(H,26,28,30)/t;;16-,18-;/m..1./s1. The summed E-state index contributed by atoms with van der Waals surface area (Å²) in [5.74, 6) is -2.20. The summed E-state index contributed by atoms with van der Waals surface area (Å²) in [5, 5.41) is 7.56. The minimum atomic E-state index is -1.26. The van der Waals surface area contributed by atoms with E-state index >= 15 is 4.39 Å². The van der Waals surface area contributed by atoms with Crippen molar-refractivity contribution in [2.75, 3.05) is 73.6 Å². The number of benzene rings is 5. The van der Waals surface area contributed by atoms with Crippen LogP contribution in [0.15, 0.2) is 268 Å². The molecule has 137 heavy (non-hydrogen) atoms. The van der Waals surface area contributed by atoms with E-state index in [9.17, 15) is 54.3 Å². The van der Waals surface area contributed by atoms with Crippen LogP contribution < -0.4 is 20.9 Å². The highest BCUT2D eigenvalue weighted by Crippen LogP contribution is 2.44. The zero-order chi connectivity index (χ0) is 94.9. The number of hydrogen-bond acceptors (Lipinski definition) is 19. The first-order valence-corrected chi connectivity index (χ1v) is 44.4. The van der Waals surface area contributed by atoms with Crippen LogP contribution in [0.3, 0.4) is 0 Å². The molecule has 35 heteroatoms. The molecule has 5 aromatic carbocycles. The second-order valence-corrected chi connectivity index (χ2v) is 33.7. The fraction of sp³-hybridized carbons (Fsp3) is 0.245. The molecule has 1 aliphatic carbocycles. The smallest absolute Gasteiger partial charge is 0.292 e. The number of nitrogens with zero attached hydrogens (tertiary/aromatic N) is 12. The number of nitrogens with one attached hydrogen (secondary N) is 3. The van der Waals surface area contributed by atoms with Crippen molar-refractivity contribution < 1.29 is 90.6 Å². The normalized spacial score (nSPS) is 17.6. The van der Waals surface area contributed by atoms with Crippen LogP contribution in [0.5, 0.6) is 0 Å². The molecule has 700 valence electrons. The molecular formula is C102H88F9N15O11. The molecule has 0 radical (unpaired) electrons. The molecule has 5 fully saturated rings. The molecule has 11 aromatic heterocycles. The van der Waals surface area contributed by atoms with Crippen LogP contribution in [0.1, 0.15) is 124 Å². The summed E-state index contributed by atoms with van der Waals surface area (Å²) >= 11 is 0. The summed E-state index contributed by atoms with van der Waals surface area (Å²) in [5.41, 5.74) is 8.37. The lowest BCUT2D eigenvalue weighted by Crippen LogP contribution is -2.32. The van der Waals surface area contributed by atoms with Crippen molar-refractivity contribution in [1.82, 2.24) is 53.2 Å². The number of hydrogen-bond donors (Lipinski definition) is 3. The van der Waals surface area contributed by atoms with Gasteiger partial charge in [0.1, 0.15) is 70.0 Å². The van der Waals surface area contributed by atoms with E-state index in [2.05, 4.69) is 74.2 Å². The van der Waals surface area contributed by atoms with Gasteiger partial charge in [-0.15, -0.1) is 0 Å². The number of aromatic nitrogens is 11. The zero-order valence-electron chi connectivity index (χ0n) is 73.7. The Bertz CT molecular complexity index is 6740. The second-order valence-electron chi connectivity index (χ2n) is 33.7. The molecule has 4 unspecified atom stereocenters. The van der Waals surface area contributed by atoms with Gasteiger partial charge in [-0.2, -0.15) is 0 Å². The van der Waals surface area contributed by atoms with Crippen molar-refractivity contribution in [3.8, 4) is 90.8 Å². The fourth-order valence-corrected chi connectivity index (χ4v) is 17.2. The van der Waals surface area contributed by atoms with E-state index in [4.69, 9.17) is 31.9 Å². The fourth-order valence-electron chi connectivity index (χ4n) is 17.2. The number of furan rings is 4. The SMILES string of the molecule is CC1CCN(c2ccc(CC(=O)c3ccc(-c4c(-c5ccc(F)cc5)ncn4C4CCCC4)o3)c(F)c2)CC1.CC1COCC1n1cnc(-c2ccc(F)cc2)c1-c1ccc(C(=O)Nc2ccncc2F)o1.O=C(Nc1ccccn1)c1ccc(-c2c(-c3ccc(F)cc3)ncn2C2COCC2F)o1.O=C(Nc1ccncc1F)c1ccc(-c2c(-c3ccc(F)cc3)ncn2[C@@H]2COC[C@H]2F)o1. The number of amides is 3. The molecule has 5 aliphatic rings. The maximum atomic E-state index is 15.0. The van der Waals surface area contributed by atoms with Crippen LogP contribution in [0, 0.1) is 52.6 Å². The molecule has 26 nitrogen and oxygen atoms in total. The van der Waals surface area contributed by atoms with Gasteiger partial charge >= 0.3 is 0 Å². The van der Waals surface area contributed by atoms with Crippen molar-refractivity contribution >= 4 is 46.4 Å². The van der Waals surface area contributed by atoms with Gasteiger partial charge in [-0.1, -0.05) is 38.8 Å². The Kier molecular flexibility index (Phi) is 27.7. The van der Waals surface area contributed by atoms with E-state index in [1.54, 1.807) is 131 Å². The van der Waals surface area contributed by atoms with Gasteiger partial charge in [-0.25, -0.2) is 64.4 Å². The first-order valence-electron chi connectivity index (χ1n) is 44.4. The quantitative estimate of drug-likeness (QED) is 0.0419. The Balaban J connectivity index is 0.000000122. The number of carbonyl (C=O) groups is 4. The van der Waals surface area contributed by atoms with Gasteiger partial charge in [0.05, 0.1) is 130 Å². The number of Topliss-reactive ketones (excluding diaryl/α,β-unsaturated/α-hetero) is 1. The van der Waals surface area contributed by atoms with Gasteiger partial charge in [0, 0.05) is 78.0 Å². The van der Waals surface area contributed by atoms with E-state index in [1.807, 2.05) is 17.0 Å². The molecule has 21 rings (SSSR count). The predicted molar refractivity (Wildman–Crippen MR) is 489 cm³/mol. The topological polar surface area (TPSA) is 298 Å². The number of alkyl halides is 2. The summed E-state index contributed by atoms with van der Waals surface area (Å²) in [6.07, 6.45) is 16.8. The van der Waals surface area contributed by atoms with E-state index in [1.165, 1.54) is 104 Å². The summed E-state index contributed by atoms with van der Waals surface area (Å²) in [6, 6.07) is 48.5. The highest BCUT2D eigenvalue weighted by Gasteiger charge is 2.38. The lowest BCUT2D eigenvalue weighted by molar-refractivity contribution is 0.0962. The van der Waals surface area contributed by atoms with Crippen LogP contribution in [-0.4, -0.2) is 142 Å². The first kappa shape index (κ1) is 92.1. The van der Waals surface area contributed by atoms with Gasteiger partial charge in [0.25, 0.3) is 17.7 Å². The van der Waals surface area contributed by atoms with Crippen molar-refractivity contribution in [2.45, 2.75) is 95.3 Å². The molecule has 0 bridgehead atoms. The van der Waals surface area contributed by atoms with E-state index in [0.29, 0.717) is 110 Å². The van der Waals surface area contributed by atoms with Crippen LogP contribution in [-0.2, 0) is 20.6 Å². The maximum Gasteiger partial charge on any atom is 0.292 e. The Morgan fingerprint density at radius 3 is 1.18 bits per heavy atom. The molecule has 16 aromatic rings. The average molecular weight is 1870 g/mol. The lowest BCUT2D eigenvalue weighted by atomic mass is 9.98. The first-order chi connectivity index (χ1) is 66.6. The monoisotopic (exact) mass is 1870 g/mol. The van der Waals surface area contributed by atoms with E-state index in [-0.39, 0.29) is 114 Å². The number of ketones is 1. The molecule has 15 heterocycles. The molecule has 0 spiro atoms. The van der Waals surface area contributed by atoms with Crippen LogP contribution in [0.2, 0.25) is 0 Å². The Morgan fingerprint density at radius 2 is 0.781 bits per heavy atom. The predicted octanol–water partition coefficient (Wildman–Crippen LogP) is 22.0. The van der Waals surface area contributed by atoms with Gasteiger partial charge in [0.15, 0.2) is 57.7 Å². The third-order valence-corrected chi connectivity index (χ3v) is 24.5. The molecule has 4 aliphatic heterocycles. The van der Waals surface area contributed by atoms with Gasteiger partial charge in [0.2, 0.25) is 5.78 Å². The van der Waals surface area contributed by atoms with Crippen LogP contribution in [0.4, 0.5) is 62.4 Å². The highest BCUT2D eigenvalue weighted by molar-refractivity contribution is 6.04. The molecular weight excluding hydrogens is 1780 g/mol. The molecule has 3 amide bonds. The molecule has 4 saturated heterocycles. The third-order valence-electron chi connectivity index (χ3n) is 24.5. The second kappa shape index (κ2) is 41.2. The summed E-state index contributed by atoms with van der Waals surface area (Å²) in [7, 11) is 0. The average Bonchev–Trinajstić information content (AvgIpc) is 1.63. The Hall–Kier alpha value is -15.4. The Morgan fingerprint density at radius 1 is 0.387 bits per heavy atom. The van der Waals surface area contributed by atoms with E-state index in [0.717, 1.165) is 81.0 Å². The number of anilines is 4. The molecule has 3 N–H and O–H groups in total. The van der Waals surface area contributed by atoms with Gasteiger partial charge in [-0.3, -0.25) is 29.1 Å². The number of halogens is 9. The minimum Gasteiger partial charge on any atom is -0.451 e. The Labute approximate surface area is 777 Å². The third kappa shape index (κ3) is 20.7. The minimum absolute atomic E-state index is 0.00178. The van der Waals surface area contributed by atoms with Crippen molar-refractivity contribution in [3.63, 3.8) is 0 Å². The van der Waals surface area contributed by atoms with Gasteiger partial charge in [-0.05, 0) is 219 Å². The molecule has 1 saturated carbocycles. The number of carbonyl (C=O) groups excluding carboxylic acids is 4. The number of pyridine rings is 3. The van der Waals surface area contributed by atoms with Crippen LogP contribution in [0.25, 0.3) is 90.8 Å². The number of rotatable bonds is 22. The van der Waals surface area contributed by atoms with Crippen molar-refractivity contribution in [2.24, 2.45) is 11.8 Å². The number of piperidine rings is 1. The molecule has 6 atom stereocenters. The summed E-state index contributed by atoms with van der Waals surface area (Å²) in [6.45, 7) is 7.59. The van der Waals surface area contributed by atoms with E-state index < -0.39 is 59.6 Å². The summed E-state index contributed by atoms with van der Waals surface area (Å²) < 4.78 is 173. The lowest BCUT2D eigenvalue weighted by Gasteiger charge is -2.32. The summed E-state index contributed by atoms with van der Waals surface area (Å²) in [4.78, 5) is 82.7. The van der Waals surface area contributed by atoms with Crippen molar-refractivity contribution in [1.29, 1.82) is 0 Å². The maximum absolute atomic E-state index is 15.0. The highest BCUT2D eigenvalue weighted by atomic mass is 19.2.